The topological polar surface area (TPSA) is 78.9 Å². The minimum absolute atomic E-state index is 0.0808. The smallest absolute Gasteiger partial charge is 0.306 e. The van der Waals surface area contributed by atoms with Crippen LogP contribution in [0.1, 0.15) is 323 Å². The van der Waals surface area contributed by atoms with Gasteiger partial charge in [0.2, 0.25) is 0 Å². The third kappa shape index (κ3) is 64.9. The van der Waals surface area contributed by atoms with E-state index in [4.69, 9.17) is 14.2 Å². The van der Waals surface area contributed by atoms with Gasteiger partial charge in [0.25, 0.3) is 0 Å². The average Bonchev–Trinajstić information content (AvgIpc) is 3.46. The Hall–Kier alpha value is -3.93. The van der Waals surface area contributed by atoms with Gasteiger partial charge < -0.3 is 14.2 Å². The van der Waals surface area contributed by atoms with Gasteiger partial charge in [-0.25, -0.2) is 0 Å². The third-order valence-electron chi connectivity index (χ3n) is 14.5. The highest BCUT2D eigenvalue weighted by molar-refractivity contribution is 5.71. The molecule has 0 radical (unpaired) electrons. The number of carbonyl (C=O) groups is 3. The van der Waals surface area contributed by atoms with Gasteiger partial charge in [0.05, 0.1) is 0 Å². The van der Waals surface area contributed by atoms with Gasteiger partial charge in [0.1, 0.15) is 13.2 Å². The molecule has 0 aromatic rings. The zero-order valence-electron chi connectivity index (χ0n) is 52.6. The van der Waals surface area contributed by atoms with Gasteiger partial charge in [-0.1, -0.05) is 304 Å². The summed E-state index contributed by atoms with van der Waals surface area (Å²) in [5.41, 5.74) is 0. The van der Waals surface area contributed by atoms with Gasteiger partial charge in [0, 0.05) is 19.3 Å². The zero-order chi connectivity index (χ0) is 57.8. The largest absolute Gasteiger partial charge is 0.462 e. The van der Waals surface area contributed by atoms with Crippen molar-refractivity contribution in [2.24, 2.45) is 0 Å². The molecular formula is C74H126O6. The van der Waals surface area contributed by atoms with Crippen LogP contribution in [0, 0.1) is 0 Å². The molecular weight excluding hydrogens is 985 g/mol. The number of rotatable bonds is 61. The molecule has 0 amide bonds. The van der Waals surface area contributed by atoms with E-state index in [1.54, 1.807) is 0 Å². The van der Waals surface area contributed by atoms with Crippen LogP contribution >= 0.6 is 0 Å². The first-order chi connectivity index (χ1) is 39.5. The highest BCUT2D eigenvalue weighted by Gasteiger charge is 2.19. The molecule has 0 fully saturated rings. The maximum Gasteiger partial charge on any atom is 0.306 e. The van der Waals surface area contributed by atoms with Crippen LogP contribution in [0.3, 0.4) is 0 Å². The van der Waals surface area contributed by atoms with Gasteiger partial charge in [-0.15, -0.1) is 0 Å². The number of hydrogen-bond donors (Lipinski definition) is 0. The van der Waals surface area contributed by atoms with Crippen molar-refractivity contribution in [3.8, 4) is 0 Å². The van der Waals surface area contributed by atoms with E-state index in [9.17, 15) is 14.4 Å². The maximum atomic E-state index is 12.9. The van der Waals surface area contributed by atoms with E-state index in [0.717, 1.165) is 122 Å². The molecule has 0 saturated carbocycles. The van der Waals surface area contributed by atoms with E-state index >= 15 is 0 Å². The predicted octanol–water partition coefficient (Wildman–Crippen LogP) is 23.4. The van der Waals surface area contributed by atoms with Gasteiger partial charge >= 0.3 is 17.9 Å². The highest BCUT2D eigenvalue weighted by atomic mass is 16.6. The quantitative estimate of drug-likeness (QED) is 0.0261. The van der Waals surface area contributed by atoms with Crippen LogP contribution in [-0.4, -0.2) is 37.2 Å². The molecule has 0 rings (SSSR count). The second kappa shape index (κ2) is 67.6. The molecule has 0 saturated heterocycles. The van der Waals surface area contributed by atoms with E-state index in [1.807, 2.05) is 0 Å². The standard InChI is InChI=1S/C74H126O6/c1-4-7-10-13-16-19-22-25-27-29-31-32-33-34-35-36-37-38-39-40-41-42-44-45-47-49-52-55-58-61-64-67-73(76)79-70-71(69-78-72(75)66-63-60-57-54-51-24-21-18-15-12-9-6-3)80-74(77)68-65-62-59-56-53-50-48-46-43-30-28-26-23-20-17-14-11-8-5-2/h7,10,16,19,25-28,31-32,34-35,37-38,40-41,44-45,71H,4-6,8-9,11-15,17-18,20-24,29-30,33,36,39,42-43,46-70H2,1-3H3/b10-7-,19-16-,27-25-,28-26-,32-31-,35-34-,38-37-,41-40-,45-44-. The van der Waals surface area contributed by atoms with E-state index in [2.05, 4.69) is 130 Å². The van der Waals surface area contributed by atoms with Crippen LogP contribution < -0.4 is 0 Å². The first-order valence-electron chi connectivity index (χ1n) is 33.9. The summed E-state index contributed by atoms with van der Waals surface area (Å²) in [4.78, 5) is 38.3. The van der Waals surface area contributed by atoms with Crippen molar-refractivity contribution in [1.29, 1.82) is 0 Å². The summed E-state index contributed by atoms with van der Waals surface area (Å²) in [6.07, 6.45) is 92.4. The number of esters is 3. The molecule has 80 heavy (non-hydrogen) atoms. The molecule has 0 aliphatic heterocycles. The Balaban J connectivity index is 4.31. The summed E-state index contributed by atoms with van der Waals surface area (Å²) in [5, 5.41) is 0. The van der Waals surface area contributed by atoms with Gasteiger partial charge in [-0.3, -0.25) is 14.4 Å². The van der Waals surface area contributed by atoms with Crippen LogP contribution in [-0.2, 0) is 28.6 Å². The lowest BCUT2D eigenvalue weighted by molar-refractivity contribution is -0.167. The second-order valence-electron chi connectivity index (χ2n) is 22.4. The lowest BCUT2D eigenvalue weighted by atomic mass is 10.0. The lowest BCUT2D eigenvalue weighted by Crippen LogP contribution is -2.30. The molecule has 458 valence electrons. The number of unbranched alkanes of at least 4 members (excludes halogenated alkanes) is 32. The Labute approximate surface area is 495 Å². The third-order valence-corrected chi connectivity index (χ3v) is 14.5. The van der Waals surface area contributed by atoms with Crippen LogP contribution in [0.4, 0.5) is 0 Å². The maximum absolute atomic E-state index is 12.9. The summed E-state index contributed by atoms with van der Waals surface area (Å²) in [5.74, 6) is -0.887. The molecule has 0 aromatic heterocycles. The minimum Gasteiger partial charge on any atom is -0.462 e. The molecule has 6 heteroatoms. The summed E-state index contributed by atoms with van der Waals surface area (Å²) < 4.78 is 16.9. The first kappa shape index (κ1) is 76.1. The summed E-state index contributed by atoms with van der Waals surface area (Å²) in [6, 6.07) is 0. The number of allylic oxidation sites excluding steroid dienone is 18. The van der Waals surface area contributed by atoms with Crippen LogP contribution in [0.5, 0.6) is 0 Å². The Kier molecular flexibility index (Phi) is 64.3. The molecule has 1 unspecified atom stereocenters. The second-order valence-corrected chi connectivity index (χ2v) is 22.4. The van der Waals surface area contributed by atoms with Crippen molar-refractivity contribution in [2.75, 3.05) is 13.2 Å². The van der Waals surface area contributed by atoms with Gasteiger partial charge in [-0.2, -0.15) is 0 Å². The van der Waals surface area contributed by atoms with Crippen LogP contribution in [0.25, 0.3) is 0 Å². The molecule has 0 heterocycles. The fourth-order valence-corrected chi connectivity index (χ4v) is 9.45. The van der Waals surface area contributed by atoms with E-state index in [0.29, 0.717) is 19.3 Å². The van der Waals surface area contributed by atoms with Crippen molar-refractivity contribution in [1.82, 2.24) is 0 Å². The molecule has 0 aliphatic rings. The zero-order valence-corrected chi connectivity index (χ0v) is 52.6. The number of hydrogen-bond acceptors (Lipinski definition) is 6. The Morgan fingerprint density at radius 1 is 0.263 bits per heavy atom. The summed E-state index contributed by atoms with van der Waals surface area (Å²) in [6.45, 7) is 6.53. The monoisotopic (exact) mass is 1110 g/mol. The molecule has 0 aromatic carbocycles. The minimum atomic E-state index is -0.786. The molecule has 6 nitrogen and oxygen atoms in total. The molecule has 1 atom stereocenters. The van der Waals surface area contributed by atoms with Crippen LogP contribution in [0.15, 0.2) is 109 Å². The number of carbonyl (C=O) groups excluding carboxylic acids is 3. The summed E-state index contributed by atoms with van der Waals surface area (Å²) >= 11 is 0. The van der Waals surface area contributed by atoms with Crippen molar-refractivity contribution in [2.45, 2.75) is 329 Å². The van der Waals surface area contributed by atoms with E-state index in [1.165, 1.54) is 161 Å². The summed E-state index contributed by atoms with van der Waals surface area (Å²) in [7, 11) is 0. The molecule has 0 spiro atoms. The van der Waals surface area contributed by atoms with E-state index < -0.39 is 6.10 Å². The fourth-order valence-electron chi connectivity index (χ4n) is 9.45. The fraction of sp³-hybridized carbons (Fsp3) is 0.716. The molecule has 0 N–H and O–H groups in total. The lowest BCUT2D eigenvalue weighted by Gasteiger charge is -2.18. The van der Waals surface area contributed by atoms with Crippen molar-refractivity contribution in [3.05, 3.63) is 109 Å². The first-order valence-corrected chi connectivity index (χ1v) is 33.9. The normalized spacial score (nSPS) is 12.8. The Morgan fingerprint density at radius 2 is 0.487 bits per heavy atom. The Morgan fingerprint density at radius 3 is 0.775 bits per heavy atom. The molecule has 0 aliphatic carbocycles. The van der Waals surface area contributed by atoms with Crippen molar-refractivity contribution in [3.63, 3.8) is 0 Å². The molecule has 0 bridgehead atoms. The van der Waals surface area contributed by atoms with E-state index in [-0.39, 0.29) is 31.1 Å². The Bertz CT molecular complexity index is 1610. The van der Waals surface area contributed by atoms with Crippen molar-refractivity contribution < 1.29 is 28.6 Å². The van der Waals surface area contributed by atoms with Crippen molar-refractivity contribution >= 4 is 17.9 Å². The SMILES string of the molecule is CC/C=C\C/C=C\C/C=C\C/C=C\C/C=C\C/C=C\C/C=C\C/C=C\CCCCCCCCC(=O)OCC(COC(=O)CCCCCCCCCCCCCC)OC(=O)CCCCCCCCCCC/C=C\CCCCCCCC. The predicted molar refractivity (Wildman–Crippen MR) is 348 cm³/mol. The van der Waals surface area contributed by atoms with Gasteiger partial charge in [0.15, 0.2) is 6.10 Å². The average molecular weight is 1110 g/mol. The van der Waals surface area contributed by atoms with Gasteiger partial charge in [-0.05, 0) is 109 Å². The number of ether oxygens (including phenoxy) is 3. The highest BCUT2D eigenvalue weighted by Crippen LogP contribution is 2.16. The van der Waals surface area contributed by atoms with Crippen LogP contribution in [0.2, 0.25) is 0 Å².